The summed E-state index contributed by atoms with van der Waals surface area (Å²) in [6, 6.07) is -1.23. The second-order valence-corrected chi connectivity index (χ2v) is 3.03. The van der Waals surface area contributed by atoms with Crippen molar-refractivity contribution in [3.05, 3.63) is 0 Å². The van der Waals surface area contributed by atoms with Crippen LogP contribution in [0.3, 0.4) is 0 Å². The molecule has 0 radical (unpaired) electrons. The summed E-state index contributed by atoms with van der Waals surface area (Å²) in [5.41, 5.74) is 0. The predicted octanol–water partition coefficient (Wildman–Crippen LogP) is -0.886. The lowest BCUT2D eigenvalue weighted by Gasteiger charge is -2.14. The molecule has 6 heteroatoms. The molecule has 0 aliphatic rings. The van der Waals surface area contributed by atoms with E-state index in [1.54, 1.807) is 6.92 Å². The molecule has 76 valence electrons. The van der Waals surface area contributed by atoms with Crippen LogP contribution in [-0.2, 0) is 9.59 Å². The Morgan fingerprint density at radius 3 is 2.38 bits per heavy atom. The lowest BCUT2D eigenvalue weighted by molar-refractivity contribution is -0.143. The fraction of sp³-hybridized carbons (Fsp3) is 0.714. The first kappa shape index (κ1) is 12.2. The number of carbonyl (C=O) groups excluding carboxylic acids is 1. The van der Waals surface area contributed by atoms with Gasteiger partial charge in [0.1, 0.15) is 6.04 Å². The van der Waals surface area contributed by atoms with E-state index >= 15 is 0 Å². The molecular formula is C7H13NO4S. The van der Waals surface area contributed by atoms with Crippen LogP contribution in [0.5, 0.6) is 0 Å². The predicted molar refractivity (Wildman–Crippen MR) is 49.7 cm³/mol. The minimum absolute atomic E-state index is 0.337. The number of aliphatic hydroxyl groups excluding tert-OH is 1. The highest BCUT2D eigenvalue weighted by Crippen LogP contribution is 1.98. The van der Waals surface area contributed by atoms with Crippen LogP contribution in [0.4, 0.5) is 0 Å². The average Bonchev–Trinajstić information content (AvgIpc) is 2.11. The van der Waals surface area contributed by atoms with Crippen LogP contribution in [0.15, 0.2) is 0 Å². The molecule has 0 saturated heterocycles. The van der Waals surface area contributed by atoms with Gasteiger partial charge in [-0.05, 0) is 0 Å². The molecule has 13 heavy (non-hydrogen) atoms. The van der Waals surface area contributed by atoms with Gasteiger partial charge >= 0.3 is 5.97 Å². The third-order valence-electron chi connectivity index (χ3n) is 1.52. The number of rotatable bonds is 5. The summed E-state index contributed by atoms with van der Waals surface area (Å²) in [6.45, 7) is 1.01. The van der Waals surface area contributed by atoms with Gasteiger partial charge in [0.25, 0.3) is 0 Å². The van der Waals surface area contributed by atoms with Gasteiger partial charge in [0.15, 0.2) is 0 Å². The third kappa shape index (κ3) is 4.14. The number of amides is 1. The van der Waals surface area contributed by atoms with Crippen LogP contribution in [-0.4, -0.2) is 40.5 Å². The van der Waals surface area contributed by atoms with Gasteiger partial charge in [0, 0.05) is 11.7 Å². The summed E-state index contributed by atoms with van der Waals surface area (Å²) in [5, 5.41) is 19.2. The van der Waals surface area contributed by atoms with Crippen molar-refractivity contribution in [1.29, 1.82) is 0 Å². The highest BCUT2D eigenvalue weighted by Gasteiger charge is 2.21. The molecule has 0 heterocycles. The van der Waals surface area contributed by atoms with E-state index in [1.807, 2.05) is 0 Å². The number of thiol groups is 1. The second-order valence-electron chi connectivity index (χ2n) is 2.67. The van der Waals surface area contributed by atoms with E-state index in [-0.39, 0.29) is 5.92 Å². The number of aliphatic hydroxyl groups is 1. The van der Waals surface area contributed by atoms with Gasteiger partial charge in [-0.1, -0.05) is 6.92 Å². The summed E-state index contributed by atoms with van der Waals surface area (Å²) in [6.07, 6.45) is 0. The second kappa shape index (κ2) is 5.82. The largest absolute Gasteiger partial charge is 0.480 e. The summed E-state index contributed by atoms with van der Waals surface area (Å²) in [5.74, 6) is -1.70. The number of carboxylic acid groups (broad SMARTS) is 1. The first-order chi connectivity index (χ1) is 6.02. The molecule has 1 amide bonds. The Labute approximate surface area is 81.5 Å². The maximum atomic E-state index is 11.1. The molecule has 0 fully saturated rings. The van der Waals surface area contributed by atoms with Crippen molar-refractivity contribution in [1.82, 2.24) is 5.32 Å². The lowest BCUT2D eigenvalue weighted by Crippen LogP contribution is -2.45. The maximum absolute atomic E-state index is 11.1. The van der Waals surface area contributed by atoms with E-state index in [4.69, 9.17) is 10.2 Å². The van der Waals surface area contributed by atoms with E-state index in [9.17, 15) is 9.59 Å². The Bertz CT molecular complexity index is 197. The molecule has 1 unspecified atom stereocenters. The zero-order valence-electron chi connectivity index (χ0n) is 7.23. The SMILES string of the molecule is CC(CS)C(=O)N[C@@H](CO)C(=O)O. The topological polar surface area (TPSA) is 86.6 Å². The van der Waals surface area contributed by atoms with Crippen molar-refractivity contribution in [3.63, 3.8) is 0 Å². The monoisotopic (exact) mass is 207 g/mol. The smallest absolute Gasteiger partial charge is 0.328 e. The molecule has 0 spiro atoms. The standard InChI is InChI=1S/C7H13NO4S/c1-4(3-13)6(10)8-5(2-9)7(11)12/h4-5,9,13H,2-3H2,1H3,(H,8,10)(H,11,12)/t4?,5-/m0/s1. The third-order valence-corrected chi connectivity index (χ3v) is 2.07. The summed E-state index contributed by atoms with van der Waals surface area (Å²) in [4.78, 5) is 21.5. The molecule has 0 aromatic heterocycles. The van der Waals surface area contributed by atoms with Crippen LogP contribution in [0.25, 0.3) is 0 Å². The van der Waals surface area contributed by atoms with E-state index < -0.39 is 24.5 Å². The van der Waals surface area contributed by atoms with Gasteiger partial charge in [-0.15, -0.1) is 0 Å². The number of hydrogen-bond acceptors (Lipinski definition) is 4. The fourth-order valence-corrected chi connectivity index (χ4v) is 0.748. The number of aliphatic carboxylic acids is 1. The normalized spacial score (nSPS) is 14.7. The quantitative estimate of drug-likeness (QED) is 0.441. The minimum Gasteiger partial charge on any atom is -0.480 e. The Morgan fingerprint density at radius 1 is 1.54 bits per heavy atom. The van der Waals surface area contributed by atoms with Gasteiger partial charge in [-0.25, -0.2) is 4.79 Å². The lowest BCUT2D eigenvalue weighted by atomic mass is 10.2. The minimum atomic E-state index is -1.25. The summed E-state index contributed by atoms with van der Waals surface area (Å²) in [7, 11) is 0. The van der Waals surface area contributed by atoms with Crippen molar-refractivity contribution < 1.29 is 19.8 Å². The molecule has 0 aliphatic heterocycles. The van der Waals surface area contributed by atoms with Crippen LogP contribution in [0.2, 0.25) is 0 Å². The molecule has 3 N–H and O–H groups in total. The molecule has 0 saturated carbocycles. The molecule has 0 aromatic rings. The van der Waals surface area contributed by atoms with Crippen molar-refractivity contribution in [3.8, 4) is 0 Å². The maximum Gasteiger partial charge on any atom is 0.328 e. The molecule has 5 nitrogen and oxygen atoms in total. The average molecular weight is 207 g/mol. The Hall–Kier alpha value is -0.750. The van der Waals surface area contributed by atoms with E-state index in [0.29, 0.717) is 5.75 Å². The van der Waals surface area contributed by atoms with Gasteiger partial charge < -0.3 is 15.5 Å². The summed E-state index contributed by atoms with van der Waals surface area (Å²) < 4.78 is 0. The van der Waals surface area contributed by atoms with Gasteiger partial charge in [0.2, 0.25) is 5.91 Å². The zero-order valence-corrected chi connectivity index (χ0v) is 8.12. The molecular weight excluding hydrogens is 194 g/mol. The highest BCUT2D eigenvalue weighted by atomic mass is 32.1. The number of carbonyl (C=O) groups is 2. The van der Waals surface area contributed by atoms with Crippen LogP contribution >= 0.6 is 12.6 Å². The molecule has 0 bridgehead atoms. The Balaban J connectivity index is 4.09. The first-order valence-electron chi connectivity index (χ1n) is 3.77. The Morgan fingerprint density at radius 2 is 2.08 bits per heavy atom. The van der Waals surface area contributed by atoms with Crippen LogP contribution in [0.1, 0.15) is 6.92 Å². The van der Waals surface area contributed by atoms with Gasteiger partial charge in [0.05, 0.1) is 6.61 Å². The zero-order chi connectivity index (χ0) is 10.4. The molecule has 0 aromatic carbocycles. The molecule has 0 aliphatic carbocycles. The van der Waals surface area contributed by atoms with Gasteiger partial charge in [-0.2, -0.15) is 12.6 Å². The number of hydrogen-bond donors (Lipinski definition) is 4. The van der Waals surface area contributed by atoms with E-state index in [0.717, 1.165) is 0 Å². The molecule has 0 rings (SSSR count). The van der Waals surface area contributed by atoms with E-state index in [1.165, 1.54) is 0 Å². The highest BCUT2D eigenvalue weighted by molar-refractivity contribution is 7.80. The van der Waals surface area contributed by atoms with Crippen molar-refractivity contribution in [2.75, 3.05) is 12.4 Å². The van der Waals surface area contributed by atoms with Crippen molar-refractivity contribution >= 4 is 24.5 Å². The van der Waals surface area contributed by atoms with Crippen molar-refractivity contribution in [2.24, 2.45) is 5.92 Å². The van der Waals surface area contributed by atoms with Crippen LogP contribution < -0.4 is 5.32 Å². The number of carboxylic acids is 1. The van der Waals surface area contributed by atoms with Gasteiger partial charge in [-0.3, -0.25) is 4.79 Å². The van der Waals surface area contributed by atoms with Crippen molar-refractivity contribution in [2.45, 2.75) is 13.0 Å². The van der Waals surface area contributed by atoms with Crippen LogP contribution in [0, 0.1) is 5.92 Å². The number of nitrogens with one attached hydrogen (secondary N) is 1. The fourth-order valence-electron chi connectivity index (χ4n) is 0.582. The molecule has 2 atom stereocenters. The first-order valence-corrected chi connectivity index (χ1v) is 4.41. The summed E-state index contributed by atoms with van der Waals surface area (Å²) >= 11 is 3.89. The van der Waals surface area contributed by atoms with E-state index in [2.05, 4.69) is 17.9 Å². The Kier molecular flexibility index (Phi) is 5.48.